The van der Waals surface area contributed by atoms with E-state index in [-0.39, 0.29) is 0 Å². The molecule has 1 aliphatic rings. The van der Waals surface area contributed by atoms with Crippen molar-refractivity contribution in [2.45, 2.75) is 0 Å². The van der Waals surface area contributed by atoms with Gasteiger partial charge in [-0.25, -0.2) is 14.2 Å². The van der Waals surface area contributed by atoms with Gasteiger partial charge in [-0.05, 0) is 48.3 Å². The molecule has 4 N–H and O–H groups in total. The van der Waals surface area contributed by atoms with Crippen LogP contribution in [0, 0.1) is 17.7 Å². The number of rotatable bonds is 4. The van der Waals surface area contributed by atoms with E-state index in [9.17, 15) is 9.18 Å². The number of urea groups is 1. The van der Waals surface area contributed by atoms with Gasteiger partial charge in [0.05, 0.1) is 16.8 Å². The molecular weight excluding hydrogens is 487 g/mol. The van der Waals surface area contributed by atoms with Gasteiger partial charge in [0, 0.05) is 54.7 Å². The summed E-state index contributed by atoms with van der Waals surface area (Å²) in [6.07, 6.45) is 1.75. The van der Waals surface area contributed by atoms with E-state index in [1.807, 2.05) is 24.3 Å². The first-order valence-corrected chi connectivity index (χ1v) is 12.8. The predicted octanol–water partition coefficient (Wildman–Crippen LogP) is 4.93. The van der Waals surface area contributed by atoms with Crippen LogP contribution in [0.5, 0.6) is 0 Å². The summed E-state index contributed by atoms with van der Waals surface area (Å²) in [4.78, 5) is 21.4. The summed E-state index contributed by atoms with van der Waals surface area (Å²) in [5, 5.41) is 8.33. The zero-order chi connectivity index (χ0) is 25.8. The van der Waals surface area contributed by atoms with Crippen molar-refractivity contribution in [3.05, 3.63) is 71.5 Å². The number of nitrogens with zero attached hydrogens (tertiary/aromatic N) is 3. The number of thiophene rings is 1. The number of fused-ring (bicyclic) bond motifs is 1. The fourth-order valence-corrected chi connectivity index (χ4v) is 5.27. The minimum atomic E-state index is -0.451. The maximum absolute atomic E-state index is 13.3. The molecule has 7 nitrogen and oxygen atoms in total. The number of nitrogens with two attached hydrogens (primary N) is 1. The molecule has 1 aliphatic heterocycles. The molecule has 0 unspecified atom stereocenters. The molecule has 4 aromatic rings. The fraction of sp³-hybridized carbons (Fsp3) is 0.214. The Bertz CT molecular complexity index is 1480. The number of nitrogens with one attached hydrogen (secondary N) is 2. The number of piperazine rings is 1. The molecule has 0 aliphatic carbocycles. The Morgan fingerprint density at radius 2 is 1.86 bits per heavy atom. The first kappa shape index (κ1) is 24.7. The molecule has 5 rings (SSSR count). The number of amides is 2. The van der Waals surface area contributed by atoms with Crippen molar-refractivity contribution in [3.63, 3.8) is 0 Å². The fourth-order valence-electron chi connectivity index (χ4n) is 4.21. The van der Waals surface area contributed by atoms with Crippen molar-refractivity contribution in [2.24, 2.45) is 0 Å². The van der Waals surface area contributed by atoms with Gasteiger partial charge in [0.15, 0.2) is 0 Å². The van der Waals surface area contributed by atoms with E-state index in [2.05, 4.69) is 49.7 Å². The van der Waals surface area contributed by atoms with E-state index in [0.29, 0.717) is 17.2 Å². The van der Waals surface area contributed by atoms with E-state index in [4.69, 9.17) is 5.73 Å². The Labute approximate surface area is 219 Å². The normalized spacial score (nSPS) is 14.2. The SMILES string of the molecule is CN1CCN(CC#Cc2cnc(N)c3c(-c4ccc(NC(=O)Nc5cccc(F)c5)cc4)csc23)CC1. The number of hydrogen-bond acceptors (Lipinski definition) is 6. The number of nitrogen functional groups attached to an aromatic ring is 1. The van der Waals surface area contributed by atoms with Crippen LogP contribution in [-0.2, 0) is 0 Å². The summed E-state index contributed by atoms with van der Waals surface area (Å²) in [5.41, 5.74) is 10.1. The average molecular weight is 515 g/mol. The number of carbonyl (C=O) groups is 1. The highest BCUT2D eigenvalue weighted by Crippen LogP contribution is 2.38. The van der Waals surface area contributed by atoms with E-state index in [0.717, 1.165) is 59.5 Å². The van der Waals surface area contributed by atoms with Gasteiger partial charge in [0.1, 0.15) is 11.6 Å². The number of likely N-dealkylation sites (N-methyl/N-ethyl adjacent to an activating group) is 1. The molecule has 1 saturated heterocycles. The summed E-state index contributed by atoms with van der Waals surface area (Å²) >= 11 is 1.60. The molecule has 0 radical (unpaired) electrons. The number of halogens is 1. The molecule has 0 spiro atoms. The zero-order valence-corrected chi connectivity index (χ0v) is 21.2. The second-order valence-electron chi connectivity index (χ2n) is 8.96. The third kappa shape index (κ3) is 5.89. The zero-order valence-electron chi connectivity index (χ0n) is 20.4. The third-order valence-corrected chi connectivity index (χ3v) is 7.30. The van der Waals surface area contributed by atoms with Gasteiger partial charge in [-0.2, -0.15) is 0 Å². The Kier molecular flexibility index (Phi) is 7.32. The van der Waals surface area contributed by atoms with E-state index >= 15 is 0 Å². The molecule has 0 saturated carbocycles. The van der Waals surface area contributed by atoms with Gasteiger partial charge in [-0.15, -0.1) is 11.3 Å². The van der Waals surface area contributed by atoms with Gasteiger partial charge in [0.25, 0.3) is 0 Å². The molecule has 0 bridgehead atoms. The van der Waals surface area contributed by atoms with Crippen LogP contribution in [0.1, 0.15) is 5.56 Å². The van der Waals surface area contributed by atoms with Gasteiger partial charge in [-0.1, -0.05) is 30.0 Å². The summed E-state index contributed by atoms with van der Waals surface area (Å²) < 4.78 is 14.4. The van der Waals surface area contributed by atoms with Crippen LogP contribution < -0.4 is 16.4 Å². The maximum Gasteiger partial charge on any atom is 0.323 e. The largest absolute Gasteiger partial charge is 0.383 e. The number of carbonyl (C=O) groups excluding carboxylic acids is 1. The van der Waals surface area contributed by atoms with Crippen molar-refractivity contribution < 1.29 is 9.18 Å². The molecule has 2 aromatic carbocycles. The number of anilines is 3. The first-order valence-electron chi connectivity index (χ1n) is 12.0. The van der Waals surface area contributed by atoms with Crippen LogP contribution >= 0.6 is 11.3 Å². The van der Waals surface area contributed by atoms with Gasteiger partial charge >= 0.3 is 6.03 Å². The molecule has 188 valence electrons. The minimum Gasteiger partial charge on any atom is -0.383 e. The smallest absolute Gasteiger partial charge is 0.323 e. The lowest BCUT2D eigenvalue weighted by Crippen LogP contribution is -2.44. The van der Waals surface area contributed by atoms with Crippen LogP contribution in [0.2, 0.25) is 0 Å². The van der Waals surface area contributed by atoms with Crippen molar-refractivity contribution in [1.29, 1.82) is 0 Å². The Morgan fingerprint density at radius 3 is 2.62 bits per heavy atom. The Morgan fingerprint density at radius 1 is 1.11 bits per heavy atom. The summed E-state index contributed by atoms with van der Waals surface area (Å²) in [5.74, 6) is 6.66. The maximum atomic E-state index is 13.3. The Balaban J connectivity index is 1.30. The standard InChI is InChI=1S/C28H27FN6OS/c1-34-12-14-35(15-13-34)11-3-4-20-17-31-27(30)25-24(18-37-26(20)25)19-7-9-22(10-8-19)32-28(36)33-23-6-2-5-21(29)16-23/h2,5-10,16-18H,11-15H2,1H3,(H2,30,31)(H2,32,33,36). The lowest BCUT2D eigenvalue weighted by atomic mass is 10.0. The molecule has 2 amide bonds. The highest BCUT2D eigenvalue weighted by molar-refractivity contribution is 7.18. The second-order valence-corrected chi connectivity index (χ2v) is 9.84. The van der Waals surface area contributed by atoms with Crippen molar-refractivity contribution in [3.8, 4) is 23.0 Å². The highest BCUT2D eigenvalue weighted by Gasteiger charge is 2.15. The quantitative estimate of drug-likeness (QED) is 0.336. The Hall–Kier alpha value is -3.97. The van der Waals surface area contributed by atoms with Crippen LogP contribution in [0.4, 0.5) is 26.4 Å². The molecular formula is C28H27FN6OS. The molecule has 9 heteroatoms. The third-order valence-electron chi connectivity index (χ3n) is 6.28. The first-order chi connectivity index (χ1) is 18.0. The van der Waals surface area contributed by atoms with Crippen molar-refractivity contribution in [1.82, 2.24) is 14.8 Å². The summed E-state index contributed by atoms with van der Waals surface area (Å²) in [6, 6.07) is 12.8. The number of hydrogen-bond donors (Lipinski definition) is 3. The topological polar surface area (TPSA) is 86.5 Å². The van der Waals surface area contributed by atoms with Crippen LogP contribution in [0.25, 0.3) is 21.2 Å². The number of pyridine rings is 1. The van der Waals surface area contributed by atoms with E-state index in [1.54, 1.807) is 23.6 Å². The van der Waals surface area contributed by atoms with Crippen LogP contribution in [-0.4, -0.2) is 60.6 Å². The van der Waals surface area contributed by atoms with Gasteiger partial charge in [-0.3, -0.25) is 4.90 Å². The van der Waals surface area contributed by atoms with Gasteiger partial charge < -0.3 is 21.3 Å². The molecule has 2 aromatic heterocycles. The highest BCUT2D eigenvalue weighted by atomic mass is 32.1. The molecule has 37 heavy (non-hydrogen) atoms. The van der Waals surface area contributed by atoms with Crippen molar-refractivity contribution >= 4 is 44.6 Å². The number of aromatic nitrogens is 1. The predicted molar refractivity (Wildman–Crippen MR) is 149 cm³/mol. The minimum absolute atomic E-state index is 0.379. The molecule has 3 heterocycles. The number of benzene rings is 2. The van der Waals surface area contributed by atoms with Crippen LogP contribution in [0.15, 0.2) is 60.1 Å². The lowest BCUT2D eigenvalue weighted by molar-refractivity contribution is 0.168. The van der Waals surface area contributed by atoms with Gasteiger partial charge in [0.2, 0.25) is 0 Å². The second kappa shape index (κ2) is 11.0. The average Bonchev–Trinajstić information content (AvgIpc) is 3.33. The van der Waals surface area contributed by atoms with E-state index < -0.39 is 11.8 Å². The van der Waals surface area contributed by atoms with Crippen LogP contribution in [0.3, 0.4) is 0 Å². The molecule has 1 fully saturated rings. The van der Waals surface area contributed by atoms with E-state index in [1.165, 1.54) is 18.2 Å². The molecule has 0 atom stereocenters. The summed E-state index contributed by atoms with van der Waals surface area (Å²) in [6.45, 7) is 4.92. The van der Waals surface area contributed by atoms with Crippen molar-refractivity contribution in [2.75, 3.05) is 56.1 Å². The lowest BCUT2D eigenvalue weighted by Gasteiger charge is -2.30. The monoisotopic (exact) mass is 514 g/mol. The summed E-state index contributed by atoms with van der Waals surface area (Å²) in [7, 11) is 2.14.